The summed E-state index contributed by atoms with van der Waals surface area (Å²) in [6, 6.07) is 0. The highest BCUT2D eigenvalue weighted by Crippen LogP contribution is 2.19. The van der Waals surface area contributed by atoms with Crippen LogP contribution in [0.1, 0.15) is 26.2 Å². The number of likely N-dealkylation sites (tertiary alicyclic amines) is 1. The molecule has 1 N–H and O–H groups in total. The first-order valence-electron chi connectivity index (χ1n) is 5.74. The molecule has 4 heteroatoms. The van der Waals surface area contributed by atoms with E-state index in [-0.39, 0.29) is 0 Å². The molecule has 0 aromatic rings. The van der Waals surface area contributed by atoms with Crippen molar-refractivity contribution in [2.75, 3.05) is 32.8 Å². The van der Waals surface area contributed by atoms with Crippen LogP contribution < -0.4 is 0 Å². The number of ether oxygens (including phenoxy) is 1. The van der Waals surface area contributed by atoms with Gasteiger partial charge in [-0.2, -0.15) is 0 Å². The van der Waals surface area contributed by atoms with Crippen molar-refractivity contribution in [1.82, 2.24) is 4.90 Å². The van der Waals surface area contributed by atoms with Gasteiger partial charge in [-0.1, -0.05) is 0 Å². The summed E-state index contributed by atoms with van der Waals surface area (Å²) in [6.45, 7) is 6.44. The van der Waals surface area contributed by atoms with E-state index >= 15 is 0 Å². The summed E-state index contributed by atoms with van der Waals surface area (Å²) in [5, 5.41) is 8.72. The monoisotopic (exact) mass is 215 g/mol. The molecule has 0 aromatic carbocycles. The Balaban J connectivity index is 2.19. The van der Waals surface area contributed by atoms with E-state index in [0.717, 1.165) is 45.7 Å². The molecule has 0 bridgehead atoms. The maximum absolute atomic E-state index is 10.6. The molecule has 1 saturated heterocycles. The van der Waals surface area contributed by atoms with Gasteiger partial charge in [0.2, 0.25) is 0 Å². The van der Waals surface area contributed by atoms with Crippen LogP contribution in [0.2, 0.25) is 0 Å². The Morgan fingerprint density at radius 2 is 2.40 bits per heavy atom. The van der Waals surface area contributed by atoms with Crippen molar-refractivity contribution >= 4 is 5.97 Å². The smallest absolute Gasteiger partial charge is 0.303 e. The summed E-state index contributed by atoms with van der Waals surface area (Å²) >= 11 is 0. The number of carboxylic acids is 1. The summed E-state index contributed by atoms with van der Waals surface area (Å²) in [7, 11) is 0. The van der Waals surface area contributed by atoms with E-state index in [1.165, 1.54) is 0 Å². The number of carboxylic acid groups (broad SMARTS) is 1. The summed E-state index contributed by atoms with van der Waals surface area (Å²) < 4.78 is 5.29. The third-order valence-electron chi connectivity index (χ3n) is 2.82. The molecule has 0 radical (unpaired) electrons. The van der Waals surface area contributed by atoms with Crippen LogP contribution in [0.3, 0.4) is 0 Å². The van der Waals surface area contributed by atoms with E-state index < -0.39 is 5.97 Å². The second-order valence-corrected chi connectivity index (χ2v) is 4.10. The Hall–Kier alpha value is -0.610. The van der Waals surface area contributed by atoms with Crippen LogP contribution in [0.15, 0.2) is 0 Å². The van der Waals surface area contributed by atoms with Crippen LogP contribution >= 0.6 is 0 Å². The minimum Gasteiger partial charge on any atom is -0.481 e. The average molecular weight is 215 g/mol. The molecule has 0 amide bonds. The molecular formula is C11H21NO3. The van der Waals surface area contributed by atoms with Crippen LogP contribution in [-0.2, 0) is 9.53 Å². The van der Waals surface area contributed by atoms with Gasteiger partial charge < -0.3 is 14.7 Å². The summed E-state index contributed by atoms with van der Waals surface area (Å²) in [6.07, 6.45) is 2.48. The number of carbonyl (C=O) groups is 1. The molecule has 0 spiro atoms. The van der Waals surface area contributed by atoms with Gasteiger partial charge in [0.1, 0.15) is 0 Å². The molecule has 15 heavy (non-hydrogen) atoms. The van der Waals surface area contributed by atoms with E-state index in [1.54, 1.807) is 0 Å². The first-order valence-corrected chi connectivity index (χ1v) is 5.74. The fourth-order valence-electron chi connectivity index (χ4n) is 2.11. The number of hydrogen-bond donors (Lipinski definition) is 1. The lowest BCUT2D eigenvalue weighted by Crippen LogP contribution is -2.38. The molecule has 88 valence electrons. The molecule has 1 unspecified atom stereocenters. The molecule has 1 aliphatic rings. The number of hydrogen-bond acceptors (Lipinski definition) is 3. The van der Waals surface area contributed by atoms with Gasteiger partial charge in [-0.05, 0) is 32.2 Å². The molecule has 0 aliphatic carbocycles. The van der Waals surface area contributed by atoms with Crippen LogP contribution in [0.4, 0.5) is 0 Å². The van der Waals surface area contributed by atoms with Gasteiger partial charge in [0, 0.05) is 26.1 Å². The maximum atomic E-state index is 10.6. The number of nitrogens with zero attached hydrogens (tertiary/aromatic N) is 1. The summed E-state index contributed by atoms with van der Waals surface area (Å²) in [5.74, 6) is -0.343. The molecule has 1 atom stereocenters. The van der Waals surface area contributed by atoms with Gasteiger partial charge in [-0.3, -0.25) is 4.79 Å². The van der Waals surface area contributed by atoms with Gasteiger partial charge in [0.05, 0.1) is 6.61 Å². The minimum atomic E-state index is -0.674. The lowest BCUT2D eigenvalue weighted by Gasteiger charge is -2.31. The summed E-state index contributed by atoms with van der Waals surface area (Å²) in [4.78, 5) is 12.9. The molecule has 0 aromatic heterocycles. The Bertz CT molecular complexity index is 196. The van der Waals surface area contributed by atoms with E-state index in [2.05, 4.69) is 4.90 Å². The largest absolute Gasteiger partial charge is 0.481 e. The van der Waals surface area contributed by atoms with E-state index in [9.17, 15) is 4.79 Å². The fourth-order valence-corrected chi connectivity index (χ4v) is 2.11. The lowest BCUT2D eigenvalue weighted by molar-refractivity contribution is -0.138. The standard InChI is InChI=1S/C11H21NO3/c1-2-15-7-6-12-5-3-4-10(9-12)8-11(13)14/h10H,2-9H2,1H3,(H,13,14). The topological polar surface area (TPSA) is 49.8 Å². The quantitative estimate of drug-likeness (QED) is 0.677. The SMILES string of the molecule is CCOCCN1CCCC(CC(=O)O)C1. The van der Waals surface area contributed by atoms with Crippen molar-refractivity contribution in [3.05, 3.63) is 0 Å². The van der Waals surface area contributed by atoms with Crippen molar-refractivity contribution in [2.45, 2.75) is 26.2 Å². The van der Waals surface area contributed by atoms with Gasteiger partial charge in [-0.15, -0.1) is 0 Å². The van der Waals surface area contributed by atoms with Crippen molar-refractivity contribution in [3.8, 4) is 0 Å². The maximum Gasteiger partial charge on any atom is 0.303 e. The minimum absolute atomic E-state index is 0.311. The average Bonchev–Trinajstić information content (AvgIpc) is 2.18. The van der Waals surface area contributed by atoms with Crippen molar-refractivity contribution in [1.29, 1.82) is 0 Å². The normalized spacial score (nSPS) is 22.9. The van der Waals surface area contributed by atoms with E-state index in [4.69, 9.17) is 9.84 Å². The third-order valence-corrected chi connectivity index (χ3v) is 2.82. The predicted molar refractivity (Wildman–Crippen MR) is 57.9 cm³/mol. The van der Waals surface area contributed by atoms with Crippen molar-refractivity contribution in [3.63, 3.8) is 0 Å². The van der Waals surface area contributed by atoms with Crippen LogP contribution in [-0.4, -0.2) is 48.8 Å². The Labute approximate surface area is 91.2 Å². The van der Waals surface area contributed by atoms with E-state index in [1.807, 2.05) is 6.92 Å². The van der Waals surface area contributed by atoms with Crippen molar-refractivity contribution in [2.24, 2.45) is 5.92 Å². The Morgan fingerprint density at radius 1 is 1.60 bits per heavy atom. The van der Waals surface area contributed by atoms with Gasteiger partial charge in [0.25, 0.3) is 0 Å². The molecular weight excluding hydrogens is 194 g/mol. The highest BCUT2D eigenvalue weighted by Gasteiger charge is 2.21. The zero-order valence-electron chi connectivity index (χ0n) is 9.45. The Morgan fingerprint density at radius 3 is 3.07 bits per heavy atom. The van der Waals surface area contributed by atoms with Gasteiger partial charge in [-0.25, -0.2) is 0 Å². The molecule has 1 aliphatic heterocycles. The molecule has 4 nitrogen and oxygen atoms in total. The van der Waals surface area contributed by atoms with Crippen LogP contribution in [0.5, 0.6) is 0 Å². The second-order valence-electron chi connectivity index (χ2n) is 4.10. The zero-order valence-corrected chi connectivity index (χ0v) is 9.45. The third kappa shape index (κ3) is 5.14. The first kappa shape index (κ1) is 12.5. The first-order chi connectivity index (χ1) is 7.22. The number of piperidine rings is 1. The predicted octanol–water partition coefficient (Wildman–Crippen LogP) is 1.21. The zero-order chi connectivity index (χ0) is 11.1. The molecule has 1 fully saturated rings. The molecule has 0 saturated carbocycles. The van der Waals surface area contributed by atoms with Gasteiger partial charge >= 0.3 is 5.97 Å². The second kappa shape index (κ2) is 6.80. The van der Waals surface area contributed by atoms with Crippen LogP contribution in [0, 0.1) is 5.92 Å². The highest BCUT2D eigenvalue weighted by molar-refractivity contribution is 5.67. The number of aliphatic carboxylic acids is 1. The van der Waals surface area contributed by atoms with Crippen LogP contribution in [0.25, 0.3) is 0 Å². The van der Waals surface area contributed by atoms with Crippen molar-refractivity contribution < 1.29 is 14.6 Å². The fraction of sp³-hybridized carbons (Fsp3) is 0.909. The van der Waals surface area contributed by atoms with Gasteiger partial charge in [0.15, 0.2) is 0 Å². The lowest BCUT2D eigenvalue weighted by atomic mass is 9.95. The number of rotatable bonds is 6. The summed E-state index contributed by atoms with van der Waals surface area (Å²) in [5.41, 5.74) is 0. The highest BCUT2D eigenvalue weighted by atomic mass is 16.5. The van der Waals surface area contributed by atoms with E-state index in [0.29, 0.717) is 12.3 Å². The molecule has 1 heterocycles. The molecule has 1 rings (SSSR count). The Kier molecular flexibility index (Phi) is 5.65.